The molecule has 6 atom stereocenters. The number of aliphatic hydroxyl groups is 3. The lowest BCUT2D eigenvalue weighted by Crippen LogP contribution is -2.37. The molecule has 0 aliphatic carbocycles. The molecule has 0 spiro atoms. The number of nitrogens with one attached hydrogen (secondary N) is 1. The van der Waals surface area contributed by atoms with Gasteiger partial charge in [0.05, 0.1) is 18.0 Å². The fraction of sp³-hybridized carbons (Fsp3) is 0.688. The zero-order chi connectivity index (χ0) is 21.6. The fourth-order valence-corrected chi connectivity index (χ4v) is 4.24. The van der Waals surface area contributed by atoms with Gasteiger partial charge in [-0.1, -0.05) is 0 Å². The van der Waals surface area contributed by atoms with Gasteiger partial charge in [0.1, 0.15) is 24.1 Å². The third-order valence-electron chi connectivity index (χ3n) is 4.75. The molecule has 1 saturated heterocycles. The molecule has 2 aromatic heterocycles. The third-order valence-corrected chi connectivity index (χ3v) is 6.45. The SMILES string of the molecule is CNc1ncnc2c1ncn2[C@@H]1O[C@H](CC(C)(C)OP(=O)(O)C(C)O)[C@@H](O)[C@H]1O. The van der Waals surface area contributed by atoms with Gasteiger partial charge >= 0.3 is 7.60 Å². The highest BCUT2D eigenvalue weighted by Gasteiger charge is 2.47. The van der Waals surface area contributed by atoms with Crippen LogP contribution in [0.15, 0.2) is 12.7 Å². The van der Waals surface area contributed by atoms with E-state index < -0.39 is 43.6 Å². The first-order chi connectivity index (χ1) is 13.5. The molecule has 12 nitrogen and oxygen atoms in total. The van der Waals surface area contributed by atoms with Gasteiger partial charge in [-0.25, -0.2) is 15.0 Å². The predicted molar refractivity (Wildman–Crippen MR) is 102 cm³/mol. The zero-order valence-corrected chi connectivity index (χ0v) is 17.4. The molecule has 0 amide bonds. The summed E-state index contributed by atoms with van der Waals surface area (Å²) < 4.78 is 24.5. The number of imidazole rings is 1. The lowest BCUT2D eigenvalue weighted by atomic mass is 9.97. The van der Waals surface area contributed by atoms with E-state index in [0.29, 0.717) is 17.0 Å². The molecule has 0 radical (unpaired) electrons. The van der Waals surface area contributed by atoms with Crippen molar-refractivity contribution in [1.82, 2.24) is 19.5 Å². The Morgan fingerprint density at radius 2 is 2.03 bits per heavy atom. The summed E-state index contributed by atoms with van der Waals surface area (Å²) in [4.78, 5) is 22.3. The summed E-state index contributed by atoms with van der Waals surface area (Å²) in [5, 5.41) is 33.3. The highest BCUT2D eigenvalue weighted by molar-refractivity contribution is 7.53. The molecular weight excluding hydrogens is 405 g/mol. The third kappa shape index (κ3) is 4.29. The summed E-state index contributed by atoms with van der Waals surface area (Å²) in [6.45, 7) is 4.23. The Hall–Kier alpha value is -1.66. The Morgan fingerprint density at radius 1 is 1.34 bits per heavy atom. The first kappa shape index (κ1) is 22.0. The van der Waals surface area contributed by atoms with Crippen molar-refractivity contribution in [2.75, 3.05) is 12.4 Å². The molecule has 2 aromatic rings. The van der Waals surface area contributed by atoms with Crippen LogP contribution in [0, 0.1) is 0 Å². The molecule has 0 saturated carbocycles. The van der Waals surface area contributed by atoms with Crippen molar-refractivity contribution in [1.29, 1.82) is 0 Å². The first-order valence-corrected chi connectivity index (χ1v) is 10.7. The monoisotopic (exact) mass is 431 g/mol. The van der Waals surface area contributed by atoms with E-state index in [1.165, 1.54) is 31.1 Å². The van der Waals surface area contributed by atoms with E-state index in [-0.39, 0.29) is 6.42 Å². The molecule has 3 rings (SSSR count). The maximum atomic E-state index is 12.0. The quantitative estimate of drug-likeness (QED) is 0.379. The Bertz CT molecular complexity index is 920. The van der Waals surface area contributed by atoms with Gasteiger partial charge in [-0.15, -0.1) is 0 Å². The van der Waals surface area contributed by atoms with Crippen LogP contribution >= 0.6 is 7.60 Å². The molecule has 1 aliphatic heterocycles. The van der Waals surface area contributed by atoms with Gasteiger partial charge in [0.25, 0.3) is 0 Å². The van der Waals surface area contributed by atoms with Gasteiger partial charge in [-0.2, -0.15) is 0 Å². The number of hydrogen-bond donors (Lipinski definition) is 5. The maximum absolute atomic E-state index is 12.0. The van der Waals surface area contributed by atoms with Crippen LogP contribution in [0.1, 0.15) is 33.4 Å². The average molecular weight is 431 g/mol. The van der Waals surface area contributed by atoms with Crippen molar-refractivity contribution < 1.29 is 34.0 Å². The minimum absolute atomic E-state index is 0.0115. The molecule has 0 bridgehead atoms. The standard InChI is InChI=1S/C16H26N5O7P/c1-8(22)29(25,26)28-16(2,3)5-9-11(23)12(24)15(27-9)21-7-20-10-13(17-4)18-6-19-14(10)21/h6-9,11-12,15,22-24H,5H2,1-4H3,(H,25,26)(H,17,18,19)/t8?,9-,11-,12-,15-/m1/s1. The molecule has 1 fully saturated rings. The number of aromatic nitrogens is 4. The second kappa shape index (κ2) is 7.88. The Kier molecular flexibility index (Phi) is 5.98. The summed E-state index contributed by atoms with van der Waals surface area (Å²) in [5.74, 6) is -1.06. The number of fused-ring (bicyclic) bond motifs is 1. The topological polar surface area (TPSA) is 172 Å². The van der Waals surface area contributed by atoms with Crippen molar-refractivity contribution >= 4 is 24.6 Å². The Labute approximate surface area is 167 Å². The molecule has 0 aromatic carbocycles. The van der Waals surface area contributed by atoms with Crippen molar-refractivity contribution in [2.45, 2.75) is 63.2 Å². The summed E-state index contributed by atoms with van der Waals surface area (Å²) in [7, 11) is -2.57. The number of hydrogen-bond acceptors (Lipinski definition) is 10. The summed E-state index contributed by atoms with van der Waals surface area (Å²) in [6.07, 6.45) is -1.69. The normalized spacial score (nSPS) is 28.4. The predicted octanol–water partition coefficient (Wildman–Crippen LogP) is 0.196. The van der Waals surface area contributed by atoms with Crippen molar-refractivity contribution in [2.24, 2.45) is 0 Å². The van der Waals surface area contributed by atoms with Gasteiger partial charge in [0.15, 0.2) is 23.5 Å². The van der Waals surface area contributed by atoms with Gasteiger partial charge in [-0.05, 0) is 20.8 Å². The number of rotatable bonds is 7. The van der Waals surface area contributed by atoms with Crippen LogP contribution in [0.2, 0.25) is 0 Å². The van der Waals surface area contributed by atoms with E-state index in [0.717, 1.165) is 6.92 Å². The van der Waals surface area contributed by atoms with Crippen LogP contribution in [0.25, 0.3) is 11.2 Å². The van der Waals surface area contributed by atoms with Crippen LogP contribution in [0.5, 0.6) is 0 Å². The largest absolute Gasteiger partial charge is 0.388 e. The second-order valence-electron chi connectivity index (χ2n) is 7.59. The van der Waals surface area contributed by atoms with Gasteiger partial charge in [0, 0.05) is 13.5 Å². The van der Waals surface area contributed by atoms with Crippen molar-refractivity contribution in [3.05, 3.63) is 12.7 Å². The van der Waals surface area contributed by atoms with Crippen molar-refractivity contribution in [3.63, 3.8) is 0 Å². The maximum Gasteiger partial charge on any atom is 0.356 e. The molecule has 29 heavy (non-hydrogen) atoms. The molecule has 2 unspecified atom stereocenters. The van der Waals surface area contributed by atoms with Gasteiger partial charge < -0.3 is 34.8 Å². The average Bonchev–Trinajstić information content (AvgIpc) is 3.16. The number of ether oxygens (including phenoxy) is 1. The minimum Gasteiger partial charge on any atom is -0.388 e. The van der Waals surface area contributed by atoms with E-state index >= 15 is 0 Å². The van der Waals surface area contributed by atoms with E-state index in [1.807, 2.05) is 0 Å². The lowest BCUT2D eigenvalue weighted by Gasteiger charge is -2.31. The van der Waals surface area contributed by atoms with E-state index in [1.54, 1.807) is 7.05 Å². The van der Waals surface area contributed by atoms with Crippen LogP contribution < -0.4 is 5.32 Å². The Morgan fingerprint density at radius 3 is 2.66 bits per heavy atom. The summed E-state index contributed by atoms with van der Waals surface area (Å²) in [6, 6.07) is 0. The molecule has 13 heteroatoms. The van der Waals surface area contributed by atoms with E-state index in [4.69, 9.17) is 9.26 Å². The molecule has 162 valence electrons. The molecular formula is C16H26N5O7P. The lowest BCUT2D eigenvalue weighted by molar-refractivity contribution is -0.0615. The van der Waals surface area contributed by atoms with E-state index in [2.05, 4.69) is 20.3 Å². The number of aliphatic hydroxyl groups excluding tert-OH is 3. The fourth-order valence-electron chi connectivity index (χ4n) is 3.30. The minimum atomic E-state index is -4.27. The Balaban J connectivity index is 1.81. The molecule has 5 N–H and O–H groups in total. The smallest absolute Gasteiger partial charge is 0.356 e. The van der Waals surface area contributed by atoms with Crippen LogP contribution in [0.4, 0.5) is 5.82 Å². The highest BCUT2D eigenvalue weighted by atomic mass is 31.2. The number of anilines is 1. The van der Waals surface area contributed by atoms with Crippen molar-refractivity contribution in [3.8, 4) is 0 Å². The van der Waals surface area contributed by atoms with Crippen LogP contribution in [-0.4, -0.2) is 76.5 Å². The molecule has 1 aliphatic rings. The summed E-state index contributed by atoms with van der Waals surface area (Å²) in [5.41, 5.74) is -0.337. The van der Waals surface area contributed by atoms with Crippen LogP contribution in [0.3, 0.4) is 0 Å². The number of nitrogens with zero attached hydrogens (tertiary/aromatic N) is 4. The first-order valence-electron chi connectivity index (χ1n) is 9.05. The van der Waals surface area contributed by atoms with Crippen LogP contribution in [-0.2, 0) is 13.8 Å². The van der Waals surface area contributed by atoms with Gasteiger partial charge in [0.2, 0.25) is 0 Å². The molecule has 3 heterocycles. The van der Waals surface area contributed by atoms with E-state index in [9.17, 15) is 24.8 Å². The van der Waals surface area contributed by atoms with Gasteiger partial charge in [-0.3, -0.25) is 9.13 Å². The highest BCUT2D eigenvalue weighted by Crippen LogP contribution is 2.51. The zero-order valence-electron chi connectivity index (χ0n) is 16.5. The second-order valence-corrected chi connectivity index (χ2v) is 9.65. The summed E-state index contributed by atoms with van der Waals surface area (Å²) >= 11 is 0.